The minimum atomic E-state index is -3.51. The van der Waals surface area contributed by atoms with Crippen LogP contribution in [-0.2, 0) is 10.0 Å². The van der Waals surface area contributed by atoms with Crippen LogP contribution in [0.25, 0.3) is 0 Å². The first-order valence-electron chi connectivity index (χ1n) is 6.02. The Labute approximate surface area is 118 Å². The number of nitrogens with one attached hydrogen (secondary N) is 2. The fraction of sp³-hybridized carbons (Fsp3) is 0.545. The number of hydrazine groups is 1. The van der Waals surface area contributed by atoms with Gasteiger partial charge in [0.15, 0.2) is 0 Å². The molecule has 0 aromatic carbocycles. The molecule has 4 N–H and O–H groups in total. The molecule has 8 heteroatoms. The van der Waals surface area contributed by atoms with Gasteiger partial charge in [0, 0.05) is 12.2 Å². The SMILES string of the molecule is CCSCCC(C)NS(=O)(=O)c1ccc(NN)nc1. The second-order valence-corrected chi connectivity index (χ2v) is 7.14. The highest BCUT2D eigenvalue weighted by Gasteiger charge is 2.17. The molecule has 0 fully saturated rings. The summed E-state index contributed by atoms with van der Waals surface area (Å²) < 4.78 is 26.8. The maximum Gasteiger partial charge on any atom is 0.242 e. The number of thioether (sulfide) groups is 1. The average Bonchev–Trinajstić information content (AvgIpc) is 2.38. The minimum absolute atomic E-state index is 0.101. The number of nitrogens with zero attached hydrogens (tertiary/aromatic N) is 1. The summed E-state index contributed by atoms with van der Waals surface area (Å²) in [5.41, 5.74) is 2.35. The fourth-order valence-electron chi connectivity index (χ4n) is 1.42. The smallest absolute Gasteiger partial charge is 0.242 e. The molecule has 1 heterocycles. The Morgan fingerprint density at radius 1 is 1.47 bits per heavy atom. The van der Waals surface area contributed by atoms with Crippen LogP contribution in [-0.4, -0.2) is 30.9 Å². The van der Waals surface area contributed by atoms with Crippen LogP contribution >= 0.6 is 11.8 Å². The molecule has 1 aromatic rings. The van der Waals surface area contributed by atoms with Gasteiger partial charge in [-0.1, -0.05) is 6.92 Å². The van der Waals surface area contributed by atoms with Crippen LogP contribution in [0.15, 0.2) is 23.2 Å². The van der Waals surface area contributed by atoms with E-state index in [4.69, 9.17) is 5.84 Å². The van der Waals surface area contributed by atoms with Gasteiger partial charge >= 0.3 is 0 Å². The third-order valence-electron chi connectivity index (χ3n) is 2.45. The van der Waals surface area contributed by atoms with Crippen LogP contribution in [0.3, 0.4) is 0 Å². The number of hydrogen-bond acceptors (Lipinski definition) is 6. The first-order valence-corrected chi connectivity index (χ1v) is 8.66. The summed E-state index contributed by atoms with van der Waals surface area (Å²) in [5, 5.41) is 0. The molecule has 0 radical (unpaired) electrons. The van der Waals surface area contributed by atoms with E-state index in [1.807, 2.05) is 6.92 Å². The van der Waals surface area contributed by atoms with E-state index in [1.54, 1.807) is 11.8 Å². The normalized spacial score (nSPS) is 13.2. The first kappa shape index (κ1) is 16.2. The summed E-state index contributed by atoms with van der Waals surface area (Å²) >= 11 is 1.79. The maximum atomic E-state index is 12.1. The molecule has 1 unspecified atom stereocenters. The molecule has 1 atom stereocenters. The monoisotopic (exact) mass is 304 g/mol. The number of anilines is 1. The Morgan fingerprint density at radius 3 is 2.74 bits per heavy atom. The number of hydrogen-bond donors (Lipinski definition) is 3. The van der Waals surface area contributed by atoms with E-state index in [0.29, 0.717) is 5.82 Å². The van der Waals surface area contributed by atoms with E-state index >= 15 is 0 Å². The molecule has 0 aliphatic heterocycles. The lowest BCUT2D eigenvalue weighted by molar-refractivity contribution is 0.556. The van der Waals surface area contributed by atoms with Crippen LogP contribution in [0.2, 0.25) is 0 Å². The van der Waals surface area contributed by atoms with E-state index < -0.39 is 10.0 Å². The Hall–Kier alpha value is -0.830. The van der Waals surface area contributed by atoms with Gasteiger partial charge in [0.25, 0.3) is 0 Å². The zero-order valence-electron chi connectivity index (χ0n) is 11.1. The summed E-state index contributed by atoms with van der Waals surface area (Å²) in [4.78, 5) is 4.03. The minimum Gasteiger partial charge on any atom is -0.308 e. The van der Waals surface area contributed by atoms with Gasteiger partial charge in [-0.25, -0.2) is 24.0 Å². The van der Waals surface area contributed by atoms with Gasteiger partial charge in [0.2, 0.25) is 10.0 Å². The second kappa shape index (κ2) is 7.68. The van der Waals surface area contributed by atoms with E-state index in [2.05, 4.69) is 22.1 Å². The Bertz CT molecular complexity index is 476. The van der Waals surface area contributed by atoms with Crippen molar-refractivity contribution in [2.45, 2.75) is 31.2 Å². The number of rotatable bonds is 8. The highest BCUT2D eigenvalue weighted by atomic mass is 32.2. The van der Waals surface area contributed by atoms with E-state index in [1.165, 1.54) is 18.3 Å². The summed E-state index contributed by atoms with van der Waals surface area (Å²) in [6, 6.07) is 2.89. The number of sulfonamides is 1. The molecule has 0 saturated heterocycles. The molecule has 1 aromatic heterocycles. The Balaban J connectivity index is 2.63. The van der Waals surface area contributed by atoms with E-state index in [-0.39, 0.29) is 10.9 Å². The van der Waals surface area contributed by atoms with Crippen molar-refractivity contribution in [1.29, 1.82) is 0 Å². The molecule has 108 valence electrons. The molecular formula is C11H20N4O2S2. The molecular weight excluding hydrogens is 284 g/mol. The topological polar surface area (TPSA) is 97.1 Å². The largest absolute Gasteiger partial charge is 0.308 e. The maximum absolute atomic E-state index is 12.1. The van der Waals surface area contributed by atoms with Crippen molar-refractivity contribution >= 4 is 27.6 Å². The van der Waals surface area contributed by atoms with Gasteiger partial charge in [-0.3, -0.25) is 0 Å². The molecule has 1 rings (SSSR count). The van der Waals surface area contributed by atoms with Crippen LogP contribution in [0.1, 0.15) is 20.3 Å². The van der Waals surface area contributed by atoms with Crippen molar-refractivity contribution in [1.82, 2.24) is 9.71 Å². The van der Waals surface area contributed by atoms with Gasteiger partial charge in [-0.15, -0.1) is 0 Å². The third kappa shape index (κ3) is 5.35. The molecule has 19 heavy (non-hydrogen) atoms. The number of nitrogens with two attached hydrogens (primary N) is 1. The molecule has 6 nitrogen and oxygen atoms in total. The van der Waals surface area contributed by atoms with Crippen molar-refractivity contribution in [3.8, 4) is 0 Å². The predicted molar refractivity (Wildman–Crippen MR) is 79.4 cm³/mol. The van der Waals surface area contributed by atoms with Gasteiger partial charge in [-0.2, -0.15) is 11.8 Å². The third-order valence-corrected chi connectivity index (χ3v) is 4.96. The Kier molecular flexibility index (Phi) is 6.56. The second-order valence-electron chi connectivity index (χ2n) is 4.03. The predicted octanol–water partition coefficient (Wildman–Crippen LogP) is 1.18. The molecule has 0 bridgehead atoms. The van der Waals surface area contributed by atoms with Crippen molar-refractivity contribution in [3.05, 3.63) is 18.3 Å². The summed E-state index contributed by atoms with van der Waals surface area (Å²) in [7, 11) is -3.51. The standard InChI is InChI=1S/C11H20N4O2S2/c1-3-18-7-6-9(2)15-19(16,17)10-4-5-11(14-12)13-8-10/h4-5,8-9,15H,3,6-7,12H2,1-2H3,(H,13,14). The van der Waals surface area contributed by atoms with E-state index in [0.717, 1.165) is 17.9 Å². The van der Waals surface area contributed by atoms with Crippen molar-refractivity contribution < 1.29 is 8.42 Å². The molecule has 0 spiro atoms. The van der Waals surface area contributed by atoms with Gasteiger partial charge in [-0.05, 0) is 37.0 Å². The van der Waals surface area contributed by atoms with Crippen LogP contribution in [0.4, 0.5) is 5.82 Å². The summed E-state index contributed by atoms with van der Waals surface area (Å²) in [5.74, 6) is 7.58. The van der Waals surface area contributed by atoms with Gasteiger partial charge < -0.3 is 5.43 Å². The van der Waals surface area contributed by atoms with E-state index in [9.17, 15) is 8.42 Å². The lowest BCUT2D eigenvalue weighted by Gasteiger charge is -2.13. The number of nitrogen functional groups attached to an aromatic ring is 1. The van der Waals surface area contributed by atoms with Crippen molar-refractivity contribution in [2.75, 3.05) is 16.9 Å². The van der Waals surface area contributed by atoms with Crippen LogP contribution in [0, 0.1) is 0 Å². The zero-order chi connectivity index (χ0) is 14.3. The van der Waals surface area contributed by atoms with Crippen molar-refractivity contribution in [3.63, 3.8) is 0 Å². The number of aromatic nitrogens is 1. The molecule has 0 aliphatic carbocycles. The van der Waals surface area contributed by atoms with Crippen molar-refractivity contribution in [2.24, 2.45) is 5.84 Å². The summed E-state index contributed by atoms with van der Waals surface area (Å²) in [6.07, 6.45) is 2.08. The molecule has 0 amide bonds. The van der Waals surface area contributed by atoms with Gasteiger partial charge in [0.05, 0.1) is 0 Å². The lowest BCUT2D eigenvalue weighted by atomic mass is 10.3. The quantitative estimate of drug-likeness (QED) is 0.379. The highest BCUT2D eigenvalue weighted by Crippen LogP contribution is 2.12. The average molecular weight is 304 g/mol. The fourth-order valence-corrected chi connectivity index (χ4v) is 3.45. The molecule has 0 aliphatic rings. The van der Waals surface area contributed by atoms with Gasteiger partial charge in [0.1, 0.15) is 10.7 Å². The van der Waals surface area contributed by atoms with Crippen LogP contribution < -0.4 is 16.0 Å². The zero-order valence-corrected chi connectivity index (χ0v) is 12.7. The number of pyridine rings is 1. The highest BCUT2D eigenvalue weighted by molar-refractivity contribution is 7.99. The van der Waals surface area contributed by atoms with Crippen LogP contribution in [0.5, 0.6) is 0 Å². The lowest BCUT2D eigenvalue weighted by Crippen LogP contribution is -2.33. The Morgan fingerprint density at radius 2 is 2.21 bits per heavy atom. The molecule has 0 saturated carbocycles. The first-order chi connectivity index (χ1) is 8.99. The summed E-state index contributed by atoms with van der Waals surface area (Å²) in [6.45, 7) is 3.94.